The van der Waals surface area contributed by atoms with Crippen molar-refractivity contribution in [3.63, 3.8) is 0 Å². The molecule has 2 aromatic rings. The van der Waals surface area contributed by atoms with Crippen LogP contribution in [0.4, 0.5) is 10.5 Å². The van der Waals surface area contributed by atoms with Crippen LogP contribution >= 0.6 is 15.9 Å². The van der Waals surface area contributed by atoms with Gasteiger partial charge in [-0.2, -0.15) is 0 Å². The van der Waals surface area contributed by atoms with E-state index in [0.717, 1.165) is 27.0 Å². The molecular formula is C17H19BrN2O2. The Balaban J connectivity index is 1.73. The second kappa shape index (κ2) is 7.84. The predicted octanol–water partition coefficient (Wildman–Crippen LogP) is 4.27. The van der Waals surface area contributed by atoms with Gasteiger partial charge in [0.15, 0.2) is 0 Å². The van der Waals surface area contributed by atoms with Gasteiger partial charge in [0.2, 0.25) is 0 Å². The van der Waals surface area contributed by atoms with Crippen molar-refractivity contribution in [2.45, 2.75) is 13.8 Å². The fourth-order valence-electron chi connectivity index (χ4n) is 1.90. The molecule has 0 fully saturated rings. The zero-order valence-electron chi connectivity index (χ0n) is 12.7. The summed E-state index contributed by atoms with van der Waals surface area (Å²) in [6.45, 7) is 4.90. The summed E-state index contributed by atoms with van der Waals surface area (Å²) in [6, 6.07) is 13.2. The Morgan fingerprint density at radius 2 is 1.86 bits per heavy atom. The average Bonchev–Trinajstić information content (AvgIpc) is 2.49. The fraction of sp³-hybridized carbons (Fsp3) is 0.235. The summed E-state index contributed by atoms with van der Waals surface area (Å²) in [5.74, 6) is 0.857. The second-order valence-electron chi connectivity index (χ2n) is 5.01. The Morgan fingerprint density at radius 3 is 2.59 bits per heavy atom. The minimum atomic E-state index is -0.244. The maximum Gasteiger partial charge on any atom is 0.319 e. The van der Waals surface area contributed by atoms with Crippen LogP contribution in [0.3, 0.4) is 0 Å². The highest BCUT2D eigenvalue weighted by Gasteiger charge is 2.02. The number of halogens is 1. The Labute approximate surface area is 139 Å². The van der Waals surface area contributed by atoms with E-state index in [1.165, 1.54) is 0 Å². The van der Waals surface area contributed by atoms with Gasteiger partial charge in [-0.15, -0.1) is 0 Å². The Morgan fingerprint density at radius 1 is 1.14 bits per heavy atom. The normalized spacial score (nSPS) is 10.1. The Kier molecular flexibility index (Phi) is 5.83. The van der Waals surface area contributed by atoms with Crippen LogP contribution < -0.4 is 15.4 Å². The minimum Gasteiger partial charge on any atom is -0.491 e. The van der Waals surface area contributed by atoms with E-state index in [4.69, 9.17) is 4.74 Å². The highest BCUT2D eigenvalue weighted by atomic mass is 79.9. The van der Waals surface area contributed by atoms with Crippen molar-refractivity contribution < 1.29 is 9.53 Å². The molecule has 2 rings (SSSR count). The van der Waals surface area contributed by atoms with Crippen LogP contribution in [0.1, 0.15) is 11.1 Å². The number of carbonyl (C=O) groups is 1. The van der Waals surface area contributed by atoms with E-state index >= 15 is 0 Å². The van der Waals surface area contributed by atoms with Crippen molar-refractivity contribution in [2.75, 3.05) is 18.5 Å². The lowest BCUT2D eigenvalue weighted by Gasteiger charge is -2.11. The number of amides is 2. The van der Waals surface area contributed by atoms with Crippen LogP contribution in [0.2, 0.25) is 0 Å². The van der Waals surface area contributed by atoms with Gasteiger partial charge in [-0.3, -0.25) is 0 Å². The van der Waals surface area contributed by atoms with Gasteiger partial charge in [-0.1, -0.05) is 28.1 Å². The average molecular weight is 363 g/mol. The van der Waals surface area contributed by atoms with E-state index in [1.54, 1.807) is 0 Å². The number of hydrogen-bond acceptors (Lipinski definition) is 2. The molecule has 2 aromatic carbocycles. The zero-order chi connectivity index (χ0) is 15.9. The number of urea groups is 1. The SMILES string of the molecule is Cc1ccc(C)c(OCCNC(=O)Nc2ccc(Br)cc2)c1. The largest absolute Gasteiger partial charge is 0.491 e. The van der Waals surface area contributed by atoms with Crippen LogP contribution in [0.5, 0.6) is 5.75 Å². The van der Waals surface area contributed by atoms with Gasteiger partial charge < -0.3 is 15.4 Å². The summed E-state index contributed by atoms with van der Waals surface area (Å²) < 4.78 is 6.66. The molecule has 116 valence electrons. The fourth-order valence-corrected chi connectivity index (χ4v) is 2.16. The number of ether oxygens (including phenoxy) is 1. The summed E-state index contributed by atoms with van der Waals surface area (Å²) in [6.07, 6.45) is 0. The van der Waals surface area contributed by atoms with Gasteiger partial charge >= 0.3 is 6.03 Å². The molecule has 5 heteroatoms. The van der Waals surface area contributed by atoms with Gasteiger partial charge in [-0.05, 0) is 55.3 Å². The highest BCUT2D eigenvalue weighted by molar-refractivity contribution is 9.10. The van der Waals surface area contributed by atoms with E-state index in [9.17, 15) is 4.79 Å². The number of carbonyl (C=O) groups excluding carboxylic acids is 1. The maximum atomic E-state index is 11.7. The molecule has 2 N–H and O–H groups in total. The van der Waals surface area contributed by atoms with Crippen LogP contribution in [-0.2, 0) is 0 Å². The molecule has 0 atom stereocenters. The van der Waals surface area contributed by atoms with Gasteiger partial charge in [0.25, 0.3) is 0 Å². The van der Waals surface area contributed by atoms with E-state index in [-0.39, 0.29) is 6.03 Å². The van der Waals surface area contributed by atoms with Crippen molar-refractivity contribution in [3.05, 3.63) is 58.1 Å². The molecule has 2 amide bonds. The van der Waals surface area contributed by atoms with Crippen molar-refractivity contribution >= 4 is 27.6 Å². The number of anilines is 1. The summed E-state index contributed by atoms with van der Waals surface area (Å²) in [4.78, 5) is 11.7. The molecule has 4 nitrogen and oxygen atoms in total. The smallest absolute Gasteiger partial charge is 0.319 e. The van der Waals surface area contributed by atoms with Crippen molar-refractivity contribution in [1.82, 2.24) is 5.32 Å². The van der Waals surface area contributed by atoms with E-state index < -0.39 is 0 Å². The molecular weight excluding hydrogens is 344 g/mol. The lowest BCUT2D eigenvalue weighted by atomic mass is 10.1. The van der Waals surface area contributed by atoms with Gasteiger partial charge in [0.1, 0.15) is 12.4 Å². The van der Waals surface area contributed by atoms with Crippen molar-refractivity contribution in [1.29, 1.82) is 0 Å². The van der Waals surface area contributed by atoms with Crippen molar-refractivity contribution in [2.24, 2.45) is 0 Å². The maximum absolute atomic E-state index is 11.7. The topological polar surface area (TPSA) is 50.4 Å². The number of nitrogens with one attached hydrogen (secondary N) is 2. The third kappa shape index (κ3) is 5.07. The minimum absolute atomic E-state index is 0.244. The number of hydrogen-bond donors (Lipinski definition) is 2. The standard InChI is InChI=1S/C17H19BrN2O2/c1-12-3-4-13(2)16(11-12)22-10-9-19-17(21)20-15-7-5-14(18)6-8-15/h3-8,11H,9-10H2,1-2H3,(H2,19,20,21). The molecule has 0 unspecified atom stereocenters. The molecule has 0 heterocycles. The molecule has 0 saturated carbocycles. The first-order valence-electron chi connectivity index (χ1n) is 7.05. The Bertz CT molecular complexity index is 642. The number of benzene rings is 2. The molecule has 0 bridgehead atoms. The first kappa shape index (κ1) is 16.4. The van der Waals surface area contributed by atoms with Crippen LogP contribution in [0.25, 0.3) is 0 Å². The lowest BCUT2D eigenvalue weighted by Crippen LogP contribution is -2.32. The van der Waals surface area contributed by atoms with Crippen LogP contribution in [-0.4, -0.2) is 19.2 Å². The molecule has 0 aliphatic rings. The highest BCUT2D eigenvalue weighted by Crippen LogP contribution is 2.18. The van der Waals surface area contributed by atoms with Crippen LogP contribution in [0.15, 0.2) is 46.9 Å². The third-order valence-electron chi connectivity index (χ3n) is 3.09. The summed E-state index contributed by atoms with van der Waals surface area (Å²) >= 11 is 3.35. The molecule has 0 radical (unpaired) electrons. The number of aryl methyl sites for hydroxylation is 2. The lowest BCUT2D eigenvalue weighted by molar-refractivity contribution is 0.247. The monoisotopic (exact) mass is 362 g/mol. The van der Waals surface area contributed by atoms with E-state index in [0.29, 0.717) is 13.2 Å². The summed E-state index contributed by atoms with van der Waals surface area (Å²) in [5, 5.41) is 5.53. The third-order valence-corrected chi connectivity index (χ3v) is 3.62. The quantitative estimate of drug-likeness (QED) is 0.780. The molecule has 0 aliphatic carbocycles. The van der Waals surface area contributed by atoms with E-state index in [1.807, 2.05) is 56.3 Å². The predicted molar refractivity (Wildman–Crippen MR) is 92.6 cm³/mol. The first-order valence-corrected chi connectivity index (χ1v) is 7.84. The number of rotatable bonds is 5. The molecule has 0 aliphatic heterocycles. The molecule has 0 saturated heterocycles. The Hall–Kier alpha value is -2.01. The van der Waals surface area contributed by atoms with Gasteiger partial charge in [-0.25, -0.2) is 4.79 Å². The van der Waals surface area contributed by atoms with Crippen molar-refractivity contribution in [3.8, 4) is 5.75 Å². The molecule has 0 aromatic heterocycles. The summed E-state index contributed by atoms with van der Waals surface area (Å²) in [5.41, 5.74) is 2.99. The zero-order valence-corrected chi connectivity index (χ0v) is 14.2. The van der Waals surface area contributed by atoms with E-state index in [2.05, 4.69) is 26.6 Å². The molecule has 22 heavy (non-hydrogen) atoms. The second-order valence-corrected chi connectivity index (χ2v) is 5.92. The molecule has 0 spiro atoms. The van der Waals surface area contributed by atoms with Gasteiger partial charge in [0.05, 0.1) is 6.54 Å². The first-order chi connectivity index (χ1) is 10.5. The van der Waals surface area contributed by atoms with Crippen LogP contribution in [0, 0.1) is 13.8 Å². The van der Waals surface area contributed by atoms with Gasteiger partial charge in [0, 0.05) is 10.2 Å². The summed E-state index contributed by atoms with van der Waals surface area (Å²) in [7, 11) is 0.